The molecule has 0 saturated carbocycles. The number of aromatic nitrogens is 3. The molecule has 72 valence electrons. The van der Waals surface area contributed by atoms with Gasteiger partial charge in [0.1, 0.15) is 5.82 Å². The molecule has 0 amide bonds. The zero-order valence-corrected chi connectivity index (χ0v) is 8.25. The van der Waals surface area contributed by atoms with Crippen LogP contribution in [0.2, 0.25) is 0 Å². The summed E-state index contributed by atoms with van der Waals surface area (Å²) in [7, 11) is 1.95. The number of nitrogens with one attached hydrogen (secondary N) is 1. The fraction of sp³-hybridized carbons (Fsp3) is 0.778. The van der Waals surface area contributed by atoms with Gasteiger partial charge in [0, 0.05) is 19.5 Å². The maximum Gasteiger partial charge on any atom is 0.155 e. The molecule has 1 aromatic heterocycles. The van der Waals surface area contributed by atoms with Crippen LogP contribution in [0.1, 0.15) is 30.4 Å². The van der Waals surface area contributed by atoms with Gasteiger partial charge in [-0.1, -0.05) is 0 Å². The van der Waals surface area contributed by atoms with Crippen molar-refractivity contribution in [3.05, 3.63) is 11.6 Å². The Morgan fingerprint density at radius 3 is 2.92 bits per heavy atom. The molecule has 13 heavy (non-hydrogen) atoms. The van der Waals surface area contributed by atoms with Gasteiger partial charge in [-0.2, -0.15) is 5.10 Å². The van der Waals surface area contributed by atoms with E-state index in [0.717, 1.165) is 24.7 Å². The van der Waals surface area contributed by atoms with E-state index in [4.69, 9.17) is 0 Å². The quantitative estimate of drug-likeness (QED) is 0.688. The average Bonchev–Trinajstić information content (AvgIpc) is 2.49. The van der Waals surface area contributed by atoms with Crippen LogP contribution in [-0.2, 0) is 7.05 Å². The van der Waals surface area contributed by atoms with Crippen LogP contribution in [0.4, 0.5) is 0 Å². The highest BCUT2D eigenvalue weighted by atomic mass is 15.3. The van der Waals surface area contributed by atoms with E-state index in [2.05, 4.69) is 15.4 Å². The van der Waals surface area contributed by atoms with Crippen LogP contribution < -0.4 is 5.32 Å². The summed E-state index contributed by atoms with van der Waals surface area (Å²) < 4.78 is 1.85. The minimum absolute atomic E-state index is 0.522. The molecule has 1 aliphatic rings. The maximum atomic E-state index is 4.45. The zero-order valence-electron chi connectivity index (χ0n) is 8.25. The van der Waals surface area contributed by atoms with Crippen LogP contribution in [0.15, 0.2) is 0 Å². The monoisotopic (exact) mass is 180 g/mol. The summed E-state index contributed by atoms with van der Waals surface area (Å²) in [6.45, 7) is 4.17. The predicted octanol–water partition coefficient (Wildman–Crippen LogP) is 0.591. The molecule has 1 saturated heterocycles. The van der Waals surface area contributed by atoms with Gasteiger partial charge in [-0.05, 0) is 26.3 Å². The molecule has 0 aliphatic carbocycles. The number of hydrogen-bond donors (Lipinski definition) is 1. The number of piperidine rings is 1. The fourth-order valence-electron chi connectivity index (χ4n) is 1.73. The Hall–Kier alpha value is -0.900. The molecule has 4 heteroatoms. The first-order valence-corrected chi connectivity index (χ1v) is 4.85. The molecule has 1 atom stereocenters. The molecule has 1 fully saturated rings. The van der Waals surface area contributed by atoms with Crippen LogP contribution in [0, 0.1) is 6.92 Å². The van der Waals surface area contributed by atoms with E-state index in [-0.39, 0.29) is 0 Å². The Morgan fingerprint density at radius 2 is 2.38 bits per heavy atom. The van der Waals surface area contributed by atoms with Crippen molar-refractivity contribution < 1.29 is 0 Å². The average molecular weight is 180 g/mol. The van der Waals surface area contributed by atoms with Crippen molar-refractivity contribution >= 4 is 0 Å². The highest BCUT2D eigenvalue weighted by Crippen LogP contribution is 2.19. The standard InChI is InChI=1S/C9H16N4/c1-7-11-9(12-13(7)2)8-4-3-5-10-6-8/h8,10H,3-6H2,1-2H3. The Balaban J connectivity index is 2.14. The van der Waals surface area contributed by atoms with E-state index in [1.165, 1.54) is 12.8 Å². The third-order valence-electron chi connectivity index (χ3n) is 2.66. The molecule has 2 rings (SSSR count). The molecule has 0 spiro atoms. The molecule has 4 nitrogen and oxygen atoms in total. The minimum atomic E-state index is 0.522. The van der Waals surface area contributed by atoms with E-state index < -0.39 is 0 Å². The van der Waals surface area contributed by atoms with Gasteiger partial charge in [-0.15, -0.1) is 0 Å². The topological polar surface area (TPSA) is 42.7 Å². The van der Waals surface area contributed by atoms with E-state index in [1.807, 2.05) is 18.7 Å². The van der Waals surface area contributed by atoms with Crippen molar-refractivity contribution in [1.82, 2.24) is 20.1 Å². The predicted molar refractivity (Wildman–Crippen MR) is 50.6 cm³/mol. The summed E-state index contributed by atoms with van der Waals surface area (Å²) in [6, 6.07) is 0. The number of nitrogens with zero attached hydrogens (tertiary/aromatic N) is 3. The Morgan fingerprint density at radius 1 is 1.54 bits per heavy atom. The molecule has 1 unspecified atom stereocenters. The van der Waals surface area contributed by atoms with Crippen molar-refractivity contribution in [2.75, 3.05) is 13.1 Å². The molecule has 1 aromatic rings. The largest absolute Gasteiger partial charge is 0.316 e. The lowest BCUT2D eigenvalue weighted by molar-refractivity contribution is 0.445. The SMILES string of the molecule is Cc1nc(C2CCCNC2)nn1C. The summed E-state index contributed by atoms with van der Waals surface area (Å²) in [5, 5.41) is 7.77. The van der Waals surface area contributed by atoms with Gasteiger partial charge in [-0.25, -0.2) is 4.98 Å². The zero-order chi connectivity index (χ0) is 9.26. The summed E-state index contributed by atoms with van der Waals surface area (Å²) >= 11 is 0. The second-order valence-electron chi connectivity index (χ2n) is 3.68. The first-order chi connectivity index (χ1) is 6.27. The molecule has 0 radical (unpaired) electrons. The molecule has 0 bridgehead atoms. The first-order valence-electron chi connectivity index (χ1n) is 4.85. The fourth-order valence-corrected chi connectivity index (χ4v) is 1.73. The molecule has 0 aromatic carbocycles. The molecule has 1 aliphatic heterocycles. The normalized spacial score (nSPS) is 23.4. The van der Waals surface area contributed by atoms with Gasteiger partial charge in [0.05, 0.1) is 0 Å². The summed E-state index contributed by atoms with van der Waals surface area (Å²) in [5.41, 5.74) is 0. The van der Waals surface area contributed by atoms with E-state index in [9.17, 15) is 0 Å². The third-order valence-corrected chi connectivity index (χ3v) is 2.66. The highest BCUT2D eigenvalue weighted by molar-refractivity contribution is 5.00. The van der Waals surface area contributed by atoms with Crippen molar-refractivity contribution in [2.24, 2.45) is 7.05 Å². The van der Waals surface area contributed by atoms with Gasteiger partial charge >= 0.3 is 0 Å². The van der Waals surface area contributed by atoms with Gasteiger partial charge in [-0.3, -0.25) is 4.68 Å². The molecular formula is C9H16N4. The lowest BCUT2D eigenvalue weighted by Gasteiger charge is -2.19. The first kappa shape index (κ1) is 8.69. The third kappa shape index (κ3) is 1.72. The Labute approximate surface area is 78.4 Å². The van der Waals surface area contributed by atoms with E-state index in [0.29, 0.717) is 5.92 Å². The van der Waals surface area contributed by atoms with Crippen LogP contribution in [0.25, 0.3) is 0 Å². The number of aryl methyl sites for hydroxylation is 2. The van der Waals surface area contributed by atoms with E-state index >= 15 is 0 Å². The summed E-state index contributed by atoms with van der Waals surface area (Å²) in [5.74, 6) is 2.53. The lowest BCUT2D eigenvalue weighted by Crippen LogP contribution is -2.29. The Bertz CT molecular complexity index is 266. The maximum absolute atomic E-state index is 4.45. The van der Waals surface area contributed by atoms with Crippen LogP contribution in [0.3, 0.4) is 0 Å². The summed E-state index contributed by atoms with van der Waals surface area (Å²) in [6.07, 6.45) is 2.46. The van der Waals surface area contributed by atoms with Crippen LogP contribution in [-0.4, -0.2) is 27.9 Å². The van der Waals surface area contributed by atoms with Crippen molar-refractivity contribution in [1.29, 1.82) is 0 Å². The molecule has 2 heterocycles. The van der Waals surface area contributed by atoms with Crippen LogP contribution in [0.5, 0.6) is 0 Å². The van der Waals surface area contributed by atoms with E-state index in [1.54, 1.807) is 0 Å². The number of hydrogen-bond acceptors (Lipinski definition) is 3. The summed E-state index contributed by atoms with van der Waals surface area (Å²) in [4.78, 5) is 4.45. The minimum Gasteiger partial charge on any atom is -0.316 e. The number of rotatable bonds is 1. The van der Waals surface area contributed by atoms with Crippen LogP contribution >= 0.6 is 0 Å². The smallest absolute Gasteiger partial charge is 0.155 e. The Kier molecular flexibility index (Phi) is 2.31. The highest BCUT2D eigenvalue weighted by Gasteiger charge is 2.19. The second kappa shape index (κ2) is 3.46. The van der Waals surface area contributed by atoms with Gasteiger partial charge in [0.2, 0.25) is 0 Å². The van der Waals surface area contributed by atoms with Gasteiger partial charge < -0.3 is 5.32 Å². The molecule has 1 N–H and O–H groups in total. The van der Waals surface area contributed by atoms with Gasteiger partial charge in [0.15, 0.2) is 5.82 Å². The van der Waals surface area contributed by atoms with Crippen molar-refractivity contribution in [2.45, 2.75) is 25.7 Å². The lowest BCUT2D eigenvalue weighted by atomic mass is 9.99. The molecular weight excluding hydrogens is 164 g/mol. The van der Waals surface area contributed by atoms with Crippen molar-refractivity contribution in [3.63, 3.8) is 0 Å². The van der Waals surface area contributed by atoms with Gasteiger partial charge in [0.25, 0.3) is 0 Å². The second-order valence-corrected chi connectivity index (χ2v) is 3.68. The van der Waals surface area contributed by atoms with Crippen molar-refractivity contribution in [3.8, 4) is 0 Å².